The highest BCUT2D eigenvalue weighted by Gasteiger charge is 2.24. The fourth-order valence-electron chi connectivity index (χ4n) is 4.36. The van der Waals surface area contributed by atoms with Gasteiger partial charge >= 0.3 is 0 Å². The van der Waals surface area contributed by atoms with Gasteiger partial charge in [0.25, 0.3) is 0 Å². The van der Waals surface area contributed by atoms with Gasteiger partial charge < -0.3 is 19.4 Å². The van der Waals surface area contributed by atoms with Gasteiger partial charge in [-0.25, -0.2) is 0 Å². The summed E-state index contributed by atoms with van der Waals surface area (Å²) in [7, 11) is 0. The number of rotatable bonds is 7. The smallest absolute Gasteiger partial charge is 0.233 e. The van der Waals surface area contributed by atoms with E-state index in [2.05, 4.69) is 61.0 Å². The van der Waals surface area contributed by atoms with Gasteiger partial charge in [0.1, 0.15) is 0 Å². The average Bonchev–Trinajstić information content (AvgIpc) is 3.31. The molecule has 5 rings (SSSR count). The van der Waals surface area contributed by atoms with Gasteiger partial charge in [-0.05, 0) is 17.7 Å². The first-order chi connectivity index (χ1) is 16.8. The lowest BCUT2D eigenvalue weighted by Gasteiger charge is -2.36. The van der Waals surface area contributed by atoms with E-state index < -0.39 is 0 Å². The van der Waals surface area contributed by atoms with Crippen LogP contribution in [0.5, 0.6) is 0 Å². The third kappa shape index (κ3) is 5.37. The average molecular weight is 479 g/mol. The van der Waals surface area contributed by atoms with Crippen molar-refractivity contribution in [3.8, 4) is 0 Å². The Morgan fingerprint density at radius 1 is 0.824 bits per heavy atom. The van der Waals surface area contributed by atoms with Crippen LogP contribution in [-0.4, -0.2) is 83.8 Å². The maximum atomic E-state index is 13.0. The fraction of sp³-hybridized carbons (Fsp3) is 0.400. The van der Waals surface area contributed by atoms with E-state index in [1.54, 1.807) is 0 Å². The van der Waals surface area contributed by atoms with Crippen LogP contribution in [-0.2, 0) is 16.1 Å². The Kier molecular flexibility index (Phi) is 7.31. The highest BCUT2D eigenvalue weighted by Crippen LogP contribution is 2.25. The zero-order valence-corrected chi connectivity index (χ0v) is 20.1. The quantitative estimate of drug-likeness (QED) is 0.484. The molecule has 2 saturated heterocycles. The molecular formula is C25H30N6O2S. The molecule has 0 atom stereocenters. The largest absolute Gasteiger partial charge is 0.378 e. The van der Waals surface area contributed by atoms with Crippen molar-refractivity contribution in [1.82, 2.24) is 19.7 Å². The monoisotopic (exact) mass is 478 g/mol. The minimum absolute atomic E-state index is 0.153. The minimum atomic E-state index is 0.153. The van der Waals surface area contributed by atoms with Crippen molar-refractivity contribution < 1.29 is 9.53 Å². The number of para-hydroxylation sites is 1. The summed E-state index contributed by atoms with van der Waals surface area (Å²) >= 11 is 1.48. The Bertz CT molecular complexity index is 1060. The van der Waals surface area contributed by atoms with Crippen molar-refractivity contribution >= 4 is 29.3 Å². The summed E-state index contributed by atoms with van der Waals surface area (Å²) in [4.78, 5) is 19.5. The van der Waals surface area contributed by atoms with E-state index >= 15 is 0 Å². The number of hydrogen-bond acceptors (Lipinski definition) is 7. The molecule has 1 aromatic heterocycles. The second kappa shape index (κ2) is 10.9. The molecule has 0 bridgehead atoms. The van der Waals surface area contributed by atoms with Crippen LogP contribution in [0.4, 0.5) is 11.6 Å². The number of amides is 1. The number of hydrogen-bond donors (Lipinski definition) is 0. The molecular weight excluding hydrogens is 448 g/mol. The van der Waals surface area contributed by atoms with Gasteiger partial charge in [-0.3, -0.25) is 9.36 Å². The number of piperazine rings is 1. The molecule has 0 saturated carbocycles. The van der Waals surface area contributed by atoms with E-state index in [4.69, 9.17) is 4.74 Å². The molecule has 3 aromatic rings. The lowest BCUT2D eigenvalue weighted by Crippen LogP contribution is -2.49. The summed E-state index contributed by atoms with van der Waals surface area (Å²) in [6, 6.07) is 20.7. The summed E-state index contributed by atoms with van der Waals surface area (Å²) < 4.78 is 7.64. The van der Waals surface area contributed by atoms with Gasteiger partial charge in [0.05, 0.1) is 25.5 Å². The third-order valence-electron chi connectivity index (χ3n) is 6.25. The molecule has 0 radical (unpaired) electrons. The summed E-state index contributed by atoms with van der Waals surface area (Å²) in [5, 5.41) is 9.75. The number of morpholine rings is 1. The number of carbonyl (C=O) groups excluding carboxylic acids is 1. The predicted molar refractivity (Wildman–Crippen MR) is 135 cm³/mol. The van der Waals surface area contributed by atoms with Crippen molar-refractivity contribution in [2.24, 2.45) is 0 Å². The lowest BCUT2D eigenvalue weighted by molar-refractivity contribution is -0.128. The van der Waals surface area contributed by atoms with Crippen LogP contribution in [0.3, 0.4) is 0 Å². The molecule has 34 heavy (non-hydrogen) atoms. The standard InChI is InChI=1S/C25H30N6O2S/c32-23(29-13-11-28(12-14-29)22-9-5-2-6-10-22)20-34-25-27-26-24(30-15-17-33-18-16-30)31(25)19-21-7-3-1-4-8-21/h1-10H,11-20H2. The van der Waals surface area contributed by atoms with Crippen molar-refractivity contribution in [1.29, 1.82) is 0 Å². The van der Waals surface area contributed by atoms with Crippen molar-refractivity contribution in [2.45, 2.75) is 11.7 Å². The maximum absolute atomic E-state index is 13.0. The first-order valence-electron chi connectivity index (χ1n) is 11.8. The molecule has 0 spiro atoms. The molecule has 2 aromatic carbocycles. The van der Waals surface area contributed by atoms with Crippen LogP contribution in [0.1, 0.15) is 5.56 Å². The number of benzene rings is 2. The third-order valence-corrected chi connectivity index (χ3v) is 7.20. The molecule has 9 heteroatoms. The first kappa shape index (κ1) is 22.7. The molecule has 178 valence electrons. The zero-order valence-electron chi connectivity index (χ0n) is 19.3. The van der Waals surface area contributed by atoms with Gasteiger partial charge in [-0.1, -0.05) is 60.3 Å². The van der Waals surface area contributed by atoms with Gasteiger partial charge in [-0.2, -0.15) is 0 Å². The Hall–Kier alpha value is -3.04. The van der Waals surface area contributed by atoms with Crippen molar-refractivity contribution in [3.05, 3.63) is 66.2 Å². The number of thioether (sulfide) groups is 1. The van der Waals surface area contributed by atoms with E-state index in [0.29, 0.717) is 25.5 Å². The van der Waals surface area contributed by atoms with E-state index in [0.717, 1.165) is 50.4 Å². The van der Waals surface area contributed by atoms with Crippen molar-refractivity contribution in [3.63, 3.8) is 0 Å². The first-order valence-corrected chi connectivity index (χ1v) is 12.8. The van der Waals surface area contributed by atoms with Crippen LogP contribution in [0, 0.1) is 0 Å². The summed E-state index contributed by atoms with van der Waals surface area (Å²) in [5.74, 6) is 1.36. The SMILES string of the molecule is O=C(CSc1nnc(N2CCOCC2)n1Cc1ccccc1)N1CCN(c2ccccc2)CC1. The highest BCUT2D eigenvalue weighted by atomic mass is 32.2. The molecule has 8 nitrogen and oxygen atoms in total. The minimum Gasteiger partial charge on any atom is -0.378 e. The molecule has 3 heterocycles. The summed E-state index contributed by atoms with van der Waals surface area (Å²) in [6.07, 6.45) is 0. The number of anilines is 2. The molecule has 0 N–H and O–H groups in total. The van der Waals surface area contributed by atoms with Crippen molar-refractivity contribution in [2.75, 3.05) is 68.0 Å². The summed E-state index contributed by atoms with van der Waals surface area (Å²) in [6.45, 7) is 6.82. The number of nitrogens with zero attached hydrogens (tertiary/aromatic N) is 6. The van der Waals surface area contributed by atoms with Crippen LogP contribution in [0.15, 0.2) is 65.8 Å². The summed E-state index contributed by atoms with van der Waals surface area (Å²) in [5.41, 5.74) is 2.40. The van der Waals surface area contributed by atoms with Crippen LogP contribution in [0.25, 0.3) is 0 Å². The highest BCUT2D eigenvalue weighted by molar-refractivity contribution is 7.99. The van der Waals surface area contributed by atoms with Gasteiger partial charge in [0, 0.05) is 45.0 Å². The topological polar surface area (TPSA) is 66.7 Å². The molecule has 2 aliphatic rings. The van der Waals surface area contributed by atoms with Gasteiger partial charge in [0.15, 0.2) is 5.16 Å². The Morgan fingerprint density at radius 2 is 1.50 bits per heavy atom. The van der Waals surface area contributed by atoms with E-state index in [9.17, 15) is 4.79 Å². The normalized spacial score (nSPS) is 16.6. The van der Waals surface area contributed by atoms with Crippen LogP contribution < -0.4 is 9.80 Å². The maximum Gasteiger partial charge on any atom is 0.233 e. The number of ether oxygens (including phenoxy) is 1. The Morgan fingerprint density at radius 3 is 2.21 bits per heavy atom. The van der Waals surface area contributed by atoms with Gasteiger partial charge in [0.2, 0.25) is 11.9 Å². The predicted octanol–water partition coefficient (Wildman–Crippen LogP) is 2.60. The fourth-order valence-corrected chi connectivity index (χ4v) is 5.20. The van der Waals surface area contributed by atoms with E-state index in [1.807, 2.05) is 29.2 Å². The second-order valence-corrected chi connectivity index (χ2v) is 9.39. The Balaban J connectivity index is 1.23. The molecule has 0 unspecified atom stereocenters. The van der Waals surface area contributed by atoms with Gasteiger partial charge in [-0.15, -0.1) is 10.2 Å². The van der Waals surface area contributed by atoms with E-state index in [1.165, 1.54) is 23.0 Å². The number of carbonyl (C=O) groups is 1. The number of aromatic nitrogens is 3. The molecule has 2 fully saturated rings. The zero-order chi connectivity index (χ0) is 23.2. The molecule has 0 aliphatic carbocycles. The van der Waals surface area contributed by atoms with E-state index in [-0.39, 0.29) is 5.91 Å². The van der Waals surface area contributed by atoms with Crippen LogP contribution in [0.2, 0.25) is 0 Å². The molecule has 1 amide bonds. The molecule has 2 aliphatic heterocycles. The lowest BCUT2D eigenvalue weighted by atomic mass is 10.2. The van der Waals surface area contributed by atoms with Crippen LogP contribution >= 0.6 is 11.8 Å². The second-order valence-electron chi connectivity index (χ2n) is 8.45. The Labute approximate surface area is 204 Å².